The van der Waals surface area contributed by atoms with E-state index in [1.54, 1.807) is 7.11 Å². The molecule has 0 aliphatic rings. The topological polar surface area (TPSA) is 106 Å². The Morgan fingerprint density at radius 2 is 1.76 bits per heavy atom. The second-order valence-corrected chi connectivity index (χ2v) is 5.32. The first-order valence-corrected chi connectivity index (χ1v) is 7.62. The summed E-state index contributed by atoms with van der Waals surface area (Å²) in [6.45, 7) is 0.475. The van der Waals surface area contributed by atoms with E-state index < -0.39 is 10.8 Å². The normalized spacial score (nSPS) is 9.80. The number of hydrogen-bond donors (Lipinski definition) is 3. The molecule has 2 aromatic rings. The SMILES string of the molecule is COc1ccc(CNC(=S)NNC(=O)c2ccc([N+](=O)[O-])cc2)cc1. The average molecular weight is 360 g/mol. The number of nitro groups is 1. The maximum absolute atomic E-state index is 11.9. The van der Waals surface area contributed by atoms with Crippen molar-refractivity contribution < 1.29 is 14.5 Å². The lowest BCUT2D eigenvalue weighted by Gasteiger charge is -2.12. The number of nitro benzene ring substituents is 1. The van der Waals surface area contributed by atoms with Crippen molar-refractivity contribution >= 4 is 28.9 Å². The van der Waals surface area contributed by atoms with Crippen LogP contribution in [0.5, 0.6) is 5.75 Å². The van der Waals surface area contributed by atoms with E-state index in [1.165, 1.54) is 24.3 Å². The fraction of sp³-hybridized carbons (Fsp3) is 0.125. The van der Waals surface area contributed by atoms with Gasteiger partial charge in [-0.25, -0.2) is 0 Å². The molecule has 0 fully saturated rings. The van der Waals surface area contributed by atoms with Crippen LogP contribution in [0.4, 0.5) is 5.69 Å². The molecular formula is C16H16N4O4S. The molecule has 2 aromatic carbocycles. The second-order valence-electron chi connectivity index (χ2n) is 4.91. The summed E-state index contributed by atoms with van der Waals surface area (Å²) in [5.74, 6) is 0.309. The van der Waals surface area contributed by atoms with Crippen molar-refractivity contribution in [2.45, 2.75) is 6.54 Å². The van der Waals surface area contributed by atoms with Crippen molar-refractivity contribution in [1.29, 1.82) is 0 Å². The Balaban J connectivity index is 1.78. The van der Waals surface area contributed by atoms with Gasteiger partial charge in [-0.1, -0.05) is 12.1 Å². The molecule has 3 N–H and O–H groups in total. The minimum atomic E-state index is -0.530. The van der Waals surface area contributed by atoms with Gasteiger partial charge in [-0.15, -0.1) is 0 Å². The zero-order valence-corrected chi connectivity index (χ0v) is 14.1. The van der Waals surface area contributed by atoms with E-state index in [-0.39, 0.29) is 16.4 Å². The molecule has 0 spiro atoms. The van der Waals surface area contributed by atoms with Gasteiger partial charge in [-0.3, -0.25) is 25.8 Å². The quantitative estimate of drug-likeness (QED) is 0.425. The highest BCUT2D eigenvalue weighted by Crippen LogP contribution is 2.12. The van der Waals surface area contributed by atoms with Crippen LogP contribution >= 0.6 is 12.2 Å². The first kappa shape index (κ1) is 18.1. The number of non-ortho nitro benzene ring substituents is 1. The number of nitrogens with zero attached hydrogens (tertiary/aromatic N) is 1. The third-order valence-electron chi connectivity index (χ3n) is 3.24. The highest BCUT2D eigenvalue weighted by molar-refractivity contribution is 7.80. The van der Waals surface area contributed by atoms with Gasteiger partial charge in [0, 0.05) is 24.2 Å². The van der Waals surface area contributed by atoms with E-state index in [0.29, 0.717) is 6.54 Å². The Kier molecular flexibility index (Phi) is 6.24. The minimum Gasteiger partial charge on any atom is -0.497 e. The molecule has 0 heterocycles. The van der Waals surface area contributed by atoms with Gasteiger partial charge in [0.05, 0.1) is 12.0 Å². The summed E-state index contributed by atoms with van der Waals surface area (Å²) in [6, 6.07) is 12.7. The van der Waals surface area contributed by atoms with E-state index in [0.717, 1.165) is 11.3 Å². The highest BCUT2D eigenvalue weighted by Gasteiger charge is 2.09. The van der Waals surface area contributed by atoms with Gasteiger partial charge in [0.2, 0.25) is 0 Å². The van der Waals surface area contributed by atoms with Crippen molar-refractivity contribution in [2.75, 3.05) is 7.11 Å². The van der Waals surface area contributed by atoms with Gasteiger partial charge in [0.1, 0.15) is 5.75 Å². The molecule has 0 aromatic heterocycles. The number of amides is 1. The van der Waals surface area contributed by atoms with E-state index >= 15 is 0 Å². The summed E-state index contributed by atoms with van der Waals surface area (Å²) in [6.07, 6.45) is 0. The molecule has 9 heteroatoms. The Morgan fingerprint density at radius 1 is 1.12 bits per heavy atom. The third kappa shape index (κ3) is 5.43. The summed E-state index contributed by atoms with van der Waals surface area (Å²) < 4.78 is 5.08. The first-order chi connectivity index (χ1) is 12.0. The maximum atomic E-state index is 11.9. The number of carbonyl (C=O) groups excluding carboxylic acids is 1. The van der Waals surface area contributed by atoms with E-state index in [1.807, 2.05) is 24.3 Å². The van der Waals surface area contributed by atoms with Crippen molar-refractivity contribution in [3.05, 3.63) is 69.8 Å². The Morgan fingerprint density at radius 3 is 2.32 bits per heavy atom. The molecule has 0 aliphatic heterocycles. The molecule has 0 unspecified atom stereocenters. The number of rotatable bonds is 5. The second kappa shape index (κ2) is 8.60. The van der Waals surface area contributed by atoms with Crippen LogP contribution in [0.2, 0.25) is 0 Å². The molecule has 8 nitrogen and oxygen atoms in total. The van der Waals surface area contributed by atoms with E-state index in [2.05, 4.69) is 16.2 Å². The fourth-order valence-corrected chi connectivity index (χ4v) is 2.01. The van der Waals surface area contributed by atoms with Crippen LogP contribution in [0.15, 0.2) is 48.5 Å². The van der Waals surface area contributed by atoms with Crippen LogP contribution in [0.25, 0.3) is 0 Å². The van der Waals surface area contributed by atoms with E-state index in [4.69, 9.17) is 17.0 Å². The smallest absolute Gasteiger partial charge is 0.269 e. The van der Waals surface area contributed by atoms with Gasteiger partial charge in [0.25, 0.3) is 11.6 Å². The monoisotopic (exact) mass is 360 g/mol. The number of carbonyl (C=O) groups is 1. The van der Waals surface area contributed by atoms with Gasteiger partial charge >= 0.3 is 0 Å². The molecule has 130 valence electrons. The van der Waals surface area contributed by atoms with E-state index in [9.17, 15) is 14.9 Å². The van der Waals surface area contributed by atoms with Gasteiger partial charge in [-0.2, -0.15) is 0 Å². The Bertz CT molecular complexity index is 763. The Labute approximate surface area is 149 Å². The molecule has 0 atom stereocenters. The zero-order chi connectivity index (χ0) is 18.2. The summed E-state index contributed by atoms with van der Waals surface area (Å²) in [7, 11) is 1.60. The largest absolute Gasteiger partial charge is 0.497 e. The van der Waals surface area contributed by atoms with Crippen molar-refractivity contribution in [3.8, 4) is 5.75 Å². The molecule has 1 amide bonds. The molecule has 0 aliphatic carbocycles. The zero-order valence-electron chi connectivity index (χ0n) is 13.3. The molecule has 0 saturated heterocycles. The lowest BCUT2D eigenvalue weighted by molar-refractivity contribution is -0.384. The molecule has 0 saturated carbocycles. The molecule has 2 rings (SSSR count). The fourth-order valence-electron chi connectivity index (χ4n) is 1.89. The number of methoxy groups -OCH3 is 1. The Hall–Kier alpha value is -3.20. The lowest BCUT2D eigenvalue weighted by Crippen LogP contribution is -2.46. The molecule has 25 heavy (non-hydrogen) atoms. The van der Waals surface area contributed by atoms with Crippen molar-refractivity contribution in [3.63, 3.8) is 0 Å². The van der Waals surface area contributed by atoms with Crippen LogP contribution in [-0.2, 0) is 6.54 Å². The highest BCUT2D eigenvalue weighted by atomic mass is 32.1. The predicted octanol–water partition coefficient (Wildman–Crippen LogP) is 1.91. The minimum absolute atomic E-state index is 0.0822. The summed E-state index contributed by atoms with van der Waals surface area (Å²) in [5.41, 5.74) is 6.18. The van der Waals surface area contributed by atoms with Gasteiger partial charge in [-0.05, 0) is 42.0 Å². The molecule has 0 radical (unpaired) electrons. The van der Waals surface area contributed by atoms with Crippen LogP contribution in [-0.4, -0.2) is 23.1 Å². The predicted molar refractivity (Wildman–Crippen MR) is 96.1 cm³/mol. The number of nitrogens with one attached hydrogen (secondary N) is 3. The van der Waals surface area contributed by atoms with Gasteiger partial charge < -0.3 is 10.1 Å². The number of benzene rings is 2. The van der Waals surface area contributed by atoms with Crippen LogP contribution < -0.4 is 20.9 Å². The van der Waals surface area contributed by atoms with Crippen LogP contribution in [0, 0.1) is 10.1 Å². The average Bonchev–Trinajstić information content (AvgIpc) is 2.64. The summed E-state index contributed by atoms with van der Waals surface area (Å²) in [4.78, 5) is 22.0. The van der Waals surface area contributed by atoms with Crippen molar-refractivity contribution in [1.82, 2.24) is 16.2 Å². The van der Waals surface area contributed by atoms with Gasteiger partial charge in [0.15, 0.2) is 5.11 Å². The summed E-state index contributed by atoms with van der Waals surface area (Å²) >= 11 is 5.07. The standard InChI is InChI=1S/C16H16N4O4S/c1-24-14-8-2-11(3-9-14)10-17-16(25)19-18-15(21)12-4-6-13(7-5-12)20(22)23/h2-9H,10H2,1H3,(H,18,21)(H2,17,19,25). The molecule has 0 bridgehead atoms. The van der Waals surface area contributed by atoms with Crippen LogP contribution in [0.1, 0.15) is 15.9 Å². The molecular weight excluding hydrogens is 344 g/mol. The summed E-state index contributed by atoms with van der Waals surface area (Å²) in [5, 5.41) is 13.8. The third-order valence-corrected chi connectivity index (χ3v) is 3.49. The number of thiocarbonyl (C=S) groups is 1. The maximum Gasteiger partial charge on any atom is 0.269 e. The number of hydrazine groups is 1. The lowest BCUT2D eigenvalue weighted by atomic mass is 10.2. The number of ether oxygens (including phenoxy) is 1. The first-order valence-electron chi connectivity index (χ1n) is 7.21. The van der Waals surface area contributed by atoms with Crippen LogP contribution in [0.3, 0.4) is 0 Å². The van der Waals surface area contributed by atoms with Crippen molar-refractivity contribution in [2.24, 2.45) is 0 Å². The number of hydrogen-bond acceptors (Lipinski definition) is 5.